The summed E-state index contributed by atoms with van der Waals surface area (Å²) in [5, 5.41) is 7.68. The van der Waals surface area contributed by atoms with Crippen molar-refractivity contribution in [2.45, 2.75) is 33.5 Å². The van der Waals surface area contributed by atoms with Crippen molar-refractivity contribution < 1.29 is 4.74 Å². The van der Waals surface area contributed by atoms with Crippen molar-refractivity contribution in [3.8, 4) is 0 Å². The first-order chi connectivity index (χ1) is 10.2. The zero-order chi connectivity index (χ0) is 15.1. The predicted molar refractivity (Wildman–Crippen MR) is 82.0 cm³/mol. The fourth-order valence-corrected chi connectivity index (χ4v) is 2.22. The Bertz CT molecular complexity index is 532. The van der Waals surface area contributed by atoms with Crippen LogP contribution in [-0.2, 0) is 24.4 Å². The summed E-state index contributed by atoms with van der Waals surface area (Å²) >= 11 is 0. The second-order valence-corrected chi connectivity index (χ2v) is 5.55. The second-order valence-electron chi connectivity index (χ2n) is 5.55. The molecule has 0 bridgehead atoms. The van der Waals surface area contributed by atoms with Crippen LogP contribution in [0.25, 0.3) is 0 Å². The van der Waals surface area contributed by atoms with Gasteiger partial charge in [0, 0.05) is 38.6 Å². The van der Waals surface area contributed by atoms with Gasteiger partial charge in [0.25, 0.3) is 0 Å². The minimum Gasteiger partial charge on any atom is -0.383 e. The molecule has 21 heavy (non-hydrogen) atoms. The number of nitrogens with one attached hydrogen (secondary N) is 1. The fraction of sp³-hybridized carbons (Fsp3) is 0.600. The summed E-state index contributed by atoms with van der Waals surface area (Å²) in [5.41, 5.74) is 1.24. The Morgan fingerprint density at radius 1 is 1.38 bits per heavy atom. The van der Waals surface area contributed by atoms with Crippen LogP contribution < -0.4 is 5.32 Å². The first-order valence-corrected chi connectivity index (χ1v) is 7.41. The van der Waals surface area contributed by atoms with Gasteiger partial charge in [-0.25, -0.2) is 9.67 Å². The topological polar surface area (TPSA) is 56.9 Å². The van der Waals surface area contributed by atoms with E-state index in [2.05, 4.69) is 52.1 Å². The molecule has 0 aliphatic carbocycles. The lowest BCUT2D eigenvalue weighted by atomic mass is 10.2. The minimum atomic E-state index is 0.560. The largest absolute Gasteiger partial charge is 0.383 e. The molecule has 6 nitrogen and oxygen atoms in total. The summed E-state index contributed by atoms with van der Waals surface area (Å²) < 4.78 is 9.24. The van der Waals surface area contributed by atoms with Gasteiger partial charge in [-0.15, -0.1) is 0 Å². The van der Waals surface area contributed by atoms with Crippen molar-refractivity contribution in [1.82, 2.24) is 24.6 Å². The minimum absolute atomic E-state index is 0.560. The van der Waals surface area contributed by atoms with Gasteiger partial charge in [-0.3, -0.25) is 0 Å². The van der Waals surface area contributed by atoms with Gasteiger partial charge >= 0.3 is 0 Å². The highest BCUT2D eigenvalue weighted by atomic mass is 16.5. The van der Waals surface area contributed by atoms with Gasteiger partial charge in [0.05, 0.1) is 13.2 Å². The molecule has 0 fully saturated rings. The molecule has 116 valence electrons. The van der Waals surface area contributed by atoms with Crippen molar-refractivity contribution in [3.63, 3.8) is 0 Å². The van der Waals surface area contributed by atoms with E-state index in [1.165, 1.54) is 5.69 Å². The Labute approximate surface area is 126 Å². The molecule has 0 spiro atoms. The normalized spacial score (nSPS) is 11.4. The molecular weight excluding hydrogens is 266 g/mol. The summed E-state index contributed by atoms with van der Waals surface area (Å²) in [5.74, 6) is 1.56. The first-order valence-electron chi connectivity index (χ1n) is 7.41. The number of hydrogen-bond donors (Lipinski definition) is 1. The highest BCUT2D eigenvalue weighted by Crippen LogP contribution is 2.07. The Hall–Kier alpha value is -1.66. The summed E-state index contributed by atoms with van der Waals surface area (Å²) in [6.45, 7) is 8.43. The third-order valence-electron chi connectivity index (χ3n) is 3.26. The van der Waals surface area contributed by atoms with E-state index in [0.717, 1.165) is 38.6 Å². The third kappa shape index (κ3) is 4.68. The maximum absolute atomic E-state index is 5.04. The number of methoxy groups -OCH3 is 1. The van der Waals surface area contributed by atoms with Crippen LogP contribution in [0.15, 0.2) is 24.7 Å². The monoisotopic (exact) mass is 291 g/mol. The molecule has 6 heteroatoms. The van der Waals surface area contributed by atoms with Crippen LogP contribution in [0.2, 0.25) is 0 Å². The number of hydrogen-bond acceptors (Lipinski definition) is 4. The lowest BCUT2D eigenvalue weighted by Gasteiger charge is -2.12. The molecule has 0 radical (unpaired) electrons. The predicted octanol–water partition coefficient (Wildman–Crippen LogP) is 1.52. The van der Waals surface area contributed by atoms with E-state index >= 15 is 0 Å². The molecule has 2 rings (SSSR count). The molecule has 0 aromatic carbocycles. The highest BCUT2D eigenvalue weighted by molar-refractivity contribution is 5.08. The Morgan fingerprint density at radius 2 is 2.24 bits per heavy atom. The van der Waals surface area contributed by atoms with Gasteiger partial charge in [0.2, 0.25) is 0 Å². The van der Waals surface area contributed by atoms with E-state index in [0.29, 0.717) is 5.92 Å². The second kappa shape index (κ2) is 7.95. The SMILES string of the molecule is COCCNCc1cccn1Cc1ncnn1CC(C)C. The molecule has 0 unspecified atom stereocenters. The maximum atomic E-state index is 5.04. The third-order valence-corrected chi connectivity index (χ3v) is 3.26. The van der Waals surface area contributed by atoms with Crippen molar-refractivity contribution >= 4 is 0 Å². The average Bonchev–Trinajstić information content (AvgIpc) is 3.05. The van der Waals surface area contributed by atoms with Crippen molar-refractivity contribution in [2.75, 3.05) is 20.3 Å². The molecule has 2 heterocycles. The lowest BCUT2D eigenvalue weighted by molar-refractivity contribution is 0.199. The van der Waals surface area contributed by atoms with E-state index in [4.69, 9.17) is 4.74 Å². The smallest absolute Gasteiger partial charge is 0.146 e. The number of aromatic nitrogens is 4. The highest BCUT2D eigenvalue weighted by Gasteiger charge is 2.08. The molecule has 0 saturated heterocycles. The molecule has 0 aliphatic rings. The van der Waals surface area contributed by atoms with Crippen LogP contribution in [0.5, 0.6) is 0 Å². The molecule has 0 atom stereocenters. The van der Waals surface area contributed by atoms with Gasteiger partial charge in [0.15, 0.2) is 0 Å². The van der Waals surface area contributed by atoms with Crippen LogP contribution in [0.3, 0.4) is 0 Å². The van der Waals surface area contributed by atoms with Gasteiger partial charge < -0.3 is 14.6 Å². The number of nitrogens with zero attached hydrogens (tertiary/aromatic N) is 4. The zero-order valence-corrected chi connectivity index (χ0v) is 13.1. The lowest BCUT2D eigenvalue weighted by Crippen LogP contribution is -2.21. The first kappa shape index (κ1) is 15.7. The Balaban J connectivity index is 1.97. The molecule has 0 saturated carbocycles. The Kier molecular flexibility index (Phi) is 5.95. The summed E-state index contributed by atoms with van der Waals surface area (Å²) in [7, 11) is 1.71. The van der Waals surface area contributed by atoms with E-state index in [9.17, 15) is 0 Å². The molecule has 1 N–H and O–H groups in total. The van der Waals surface area contributed by atoms with Crippen molar-refractivity contribution in [3.05, 3.63) is 36.2 Å². The molecular formula is C15H25N5O. The van der Waals surface area contributed by atoms with Gasteiger partial charge in [-0.1, -0.05) is 13.8 Å². The average molecular weight is 291 g/mol. The van der Waals surface area contributed by atoms with E-state index in [1.54, 1.807) is 13.4 Å². The van der Waals surface area contributed by atoms with E-state index in [-0.39, 0.29) is 0 Å². The van der Waals surface area contributed by atoms with Gasteiger partial charge in [-0.2, -0.15) is 5.10 Å². The molecule has 2 aromatic heterocycles. The van der Waals surface area contributed by atoms with E-state index < -0.39 is 0 Å². The fourth-order valence-electron chi connectivity index (χ4n) is 2.22. The standard InChI is InChI=1S/C15H25N5O/c1-13(2)10-20-15(17-12-18-20)11-19-7-4-5-14(19)9-16-6-8-21-3/h4-5,7,12-13,16H,6,8-11H2,1-3H3. The molecule has 0 aliphatic heterocycles. The van der Waals surface area contributed by atoms with Crippen LogP contribution in [0.4, 0.5) is 0 Å². The molecule has 2 aromatic rings. The number of ether oxygens (including phenoxy) is 1. The maximum Gasteiger partial charge on any atom is 0.146 e. The van der Waals surface area contributed by atoms with Crippen LogP contribution >= 0.6 is 0 Å². The van der Waals surface area contributed by atoms with Crippen LogP contribution in [-0.4, -0.2) is 39.6 Å². The quantitative estimate of drug-likeness (QED) is 0.712. The van der Waals surface area contributed by atoms with Gasteiger partial charge in [0.1, 0.15) is 12.2 Å². The summed E-state index contributed by atoms with van der Waals surface area (Å²) in [6, 6.07) is 4.19. The summed E-state index contributed by atoms with van der Waals surface area (Å²) in [4.78, 5) is 4.39. The molecule has 0 amide bonds. The van der Waals surface area contributed by atoms with Crippen molar-refractivity contribution in [1.29, 1.82) is 0 Å². The Morgan fingerprint density at radius 3 is 3.00 bits per heavy atom. The van der Waals surface area contributed by atoms with Gasteiger partial charge in [-0.05, 0) is 18.1 Å². The number of rotatable bonds is 9. The summed E-state index contributed by atoms with van der Waals surface area (Å²) in [6.07, 6.45) is 3.72. The zero-order valence-electron chi connectivity index (χ0n) is 13.1. The van der Waals surface area contributed by atoms with Crippen LogP contribution in [0.1, 0.15) is 25.4 Å². The van der Waals surface area contributed by atoms with Crippen molar-refractivity contribution in [2.24, 2.45) is 5.92 Å². The van der Waals surface area contributed by atoms with Crippen LogP contribution in [0, 0.1) is 5.92 Å². The van der Waals surface area contributed by atoms with E-state index in [1.807, 2.05) is 4.68 Å².